The molecule has 2 heteroatoms. The Hall–Kier alpha value is -1.80. The van der Waals surface area contributed by atoms with Crippen molar-refractivity contribution in [2.24, 2.45) is 5.41 Å². The summed E-state index contributed by atoms with van der Waals surface area (Å²) in [6, 6.07) is 19.4. The third-order valence-corrected chi connectivity index (χ3v) is 4.90. The Labute approximate surface area is 126 Å². The second-order valence-electron chi connectivity index (χ2n) is 6.52. The van der Waals surface area contributed by atoms with Gasteiger partial charge < -0.3 is 10.1 Å². The monoisotopic (exact) mass is 279 g/mol. The molecule has 0 saturated carbocycles. The fourth-order valence-corrected chi connectivity index (χ4v) is 3.77. The molecule has 4 rings (SSSR count). The van der Waals surface area contributed by atoms with Gasteiger partial charge >= 0.3 is 0 Å². The Bertz CT molecular complexity index is 618. The summed E-state index contributed by atoms with van der Waals surface area (Å²) in [5.74, 6) is 1.64. The van der Waals surface area contributed by atoms with Crippen LogP contribution in [0.25, 0.3) is 0 Å². The predicted molar refractivity (Wildman–Crippen MR) is 84.7 cm³/mol. The molecule has 2 aliphatic heterocycles. The standard InChI is InChI=1S/C19H21NO/c1-2-6-15(7-3-1)10-19(13-20-14-19)11-16-12-21-18-9-5-4-8-17(16)18/h1-9,16,20H,10-14H2. The van der Waals surface area contributed by atoms with Crippen molar-refractivity contribution in [1.82, 2.24) is 5.32 Å². The molecule has 0 aromatic heterocycles. The van der Waals surface area contributed by atoms with E-state index in [1.165, 1.54) is 24.0 Å². The van der Waals surface area contributed by atoms with Gasteiger partial charge in [0.25, 0.3) is 0 Å². The maximum absolute atomic E-state index is 5.86. The molecule has 1 unspecified atom stereocenters. The average molecular weight is 279 g/mol. The Morgan fingerprint density at radius 1 is 1.00 bits per heavy atom. The van der Waals surface area contributed by atoms with Crippen molar-refractivity contribution in [3.05, 3.63) is 65.7 Å². The van der Waals surface area contributed by atoms with Crippen molar-refractivity contribution in [1.29, 1.82) is 0 Å². The van der Waals surface area contributed by atoms with Gasteiger partial charge in [0.1, 0.15) is 5.75 Å². The molecule has 2 aliphatic rings. The quantitative estimate of drug-likeness (QED) is 0.926. The van der Waals surface area contributed by atoms with E-state index in [1.54, 1.807) is 0 Å². The normalized spacial score (nSPS) is 22.2. The molecule has 1 fully saturated rings. The molecule has 2 nitrogen and oxygen atoms in total. The first-order valence-electron chi connectivity index (χ1n) is 7.81. The number of hydrogen-bond acceptors (Lipinski definition) is 2. The van der Waals surface area contributed by atoms with Crippen LogP contribution in [0.15, 0.2) is 54.6 Å². The minimum atomic E-state index is 0.396. The third-order valence-electron chi connectivity index (χ3n) is 4.90. The number of benzene rings is 2. The number of nitrogens with one attached hydrogen (secondary N) is 1. The predicted octanol–water partition coefficient (Wildman–Crippen LogP) is 3.39. The second kappa shape index (κ2) is 5.19. The van der Waals surface area contributed by atoms with E-state index < -0.39 is 0 Å². The van der Waals surface area contributed by atoms with E-state index in [4.69, 9.17) is 4.74 Å². The first kappa shape index (κ1) is 12.9. The lowest BCUT2D eigenvalue weighted by Crippen LogP contribution is -2.55. The van der Waals surface area contributed by atoms with Gasteiger partial charge in [0, 0.05) is 24.6 Å². The lowest BCUT2D eigenvalue weighted by molar-refractivity contribution is 0.132. The van der Waals surface area contributed by atoms with Gasteiger partial charge in [0.05, 0.1) is 6.61 Å². The number of para-hydroxylation sites is 1. The summed E-state index contributed by atoms with van der Waals surface area (Å²) in [7, 11) is 0. The zero-order valence-corrected chi connectivity index (χ0v) is 12.2. The van der Waals surface area contributed by atoms with E-state index in [0.717, 1.165) is 25.4 Å². The molecule has 2 aromatic carbocycles. The van der Waals surface area contributed by atoms with Crippen molar-refractivity contribution in [2.75, 3.05) is 19.7 Å². The molecule has 0 aliphatic carbocycles. The van der Waals surface area contributed by atoms with Crippen LogP contribution in [-0.4, -0.2) is 19.7 Å². The minimum absolute atomic E-state index is 0.396. The summed E-state index contributed by atoms with van der Waals surface area (Å²) < 4.78 is 5.86. The van der Waals surface area contributed by atoms with E-state index in [9.17, 15) is 0 Å². The van der Waals surface area contributed by atoms with Crippen molar-refractivity contribution in [3.63, 3.8) is 0 Å². The largest absolute Gasteiger partial charge is 0.493 e. The van der Waals surface area contributed by atoms with E-state index in [1.807, 2.05) is 0 Å². The fraction of sp³-hybridized carbons (Fsp3) is 0.368. The number of rotatable bonds is 4. The van der Waals surface area contributed by atoms with E-state index in [2.05, 4.69) is 59.9 Å². The van der Waals surface area contributed by atoms with Gasteiger partial charge in [-0.3, -0.25) is 0 Å². The highest BCUT2D eigenvalue weighted by molar-refractivity contribution is 5.40. The maximum atomic E-state index is 5.86. The minimum Gasteiger partial charge on any atom is -0.493 e. The van der Waals surface area contributed by atoms with Crippen LogP contribution >= 0.6 is 0 Å². The van der Waals surface area contributed by atoms with Crippen molar-refractivity contribution >= 4 is 0 Å². The first-order valence-corrected chi connectivity index (χ1v) is 7.81. The molecule has 2 aromatic rings. The molecule has 2 heterocycles. The Morgan fingerprint density at radius 2 is 1.76 bits per heavy atom. The zero-order chi connectivity index (χ0) is 14.1. The van der Waals surface area contributed by atoms with Crippen LogP contribution in [0.2, 0.25) is 0 Å². The highest BCUT2D eigenvalue weighted by atomic mass is 16.5. The topological polar surface area (TPSA) is 21.3 Å². The van der Waals surface area contributed by atoms with Gasteiger partial charge in [-0.25, -0.2) is 0 Å². The highest BCUT2D eigenvalue weighted by Crippen LogP contribution is 2.43. The molecule has 108 valence electrons. The molecule has 0 radical (unpaired) electrons. The lowest BCUT2D eigenvalue weighted by atomic mass is 9.69. The van der Waals surface area contributed by atoms with Gasteiger partial charge in [0.15, 0.2) is 0 Å². The summed E-state index contributed by atoms with van der Waals surface area (Å²) in [6.07, 6.45) is 2.38. The molecule has 1 saturated heterocycles. The second-order valence-corrected chi connectivity index (χ2v) is 6.52. The van der Waals surface area contributed by atoms with E-state index >= 15 is 0 Å². The third kappa shape index (κ3) is 2.44. The van der Waals surface area contributed by atoms with Crippen LogP contribution in [0, 0.1) is 5.41 Å². The molecule has 0 amide bonds. The Kier molecular flexibility index (Phi) is 3.19. The van der Waals surface area contributed by atoms with Crippen molar-refractivity contribution in [2.45, 2.75) is 18.8 Å². The molecule has 0 bridgehead atoms. The molecule has 1 N–H and O–H groups in total. The average Bonchev–Trinajstić information content (AvgIpc) is 2.89. The van der Waals surface area contributed by atoms with Crippen molar-refractivity contribution < 1.29 is 4.74 Å². The van der Waals surface area contributed by atoms with Crippen LogP contribution in [-0.2, 0) is 6.42 Å². The Morgan fingerprint density at radius 3 is 2.52 bits per heavy atom. The highest BCUT2D eigenvalue weighted by Gasteiger charge is 2.41. The zero-order valence-electron chi connectivity index (χ0n) is 12.2. The van der Waals surface area contributed by atoms with Crippen LogP contribution in [0.3, 0.4) is 0 Å². The number of hydrogen-bond donors (Lipinski definition) is 1. The molecule has 0 spiro atoms. The summed E-state index contributed by atoms with van der Waals surface area (Å²) in [4.78, 5) is 0. The van der Waals surface area contributed by atoms with Crippen LogP contribution < -0.4 is 10.1 Å². The molecule has 1 atom stereocenters. The van der Waals surface area contributed by atoms with Crippen LogP contribution in [0.4, 0.5) is 0 Å². The summed E-state index contributed by atoms with van der Waals surface area (Å²) in [5, 5.41) is 3.48. The molecular weight excluding hydrogens is 258 g/mol. The van der Waals surface area contributed by atoms with Gasteiger partial charge in [-0.1, -0.05) is 48.5 Å². The first-order chi connectivity index (χ1) is 10.3. The summed E-state index contributed by atoms with van der Waals surface area (Å²) in [6.45, 7) is 3.09. The van der Waals surface area contributed by atoms with Gasteiger partial charge in [-0.2, -0.15) is 0 Å². The summed E-state index contributed by atoms with van der Waals surface area (Å²) in [5.41, 5.74) is 3.25. The summed E-state index contributed by atoms with van der Waals surface area (Å²) >= 11 is 0. The van der Waals surface area contributed by atoms with Gasteiger partial charge in [-0.05, 0) is 29.9 Å². The molecular formula is C19H21NO. The lowest BCUT2D eigenvalue weighted by Gasteiger charge is -2.44. The van der Waals surface area contributed by atoms with E-state index in [-0.39, 0.29) is 0 Å². The Balaban J connectivity index is 1.53. The fourth-order valence-electron chi connectivity index (χ4n) is 3.77. The SMILES string of the molecule is c1ccc(CC2(CC3COc4ccccc43)CNC2)cc1. The van der Waals surface area contributed by atoms with Crippen LogP contribution in [0.1, 0.15) is 23.5 Å². The van der Waals surface area contributed by atoms with Gasteiger partial charge in [0.2, 0.25) is 0 Å². The van der Waals surface area contributed by atoms with Crippen molar-refractivity contribution in [3.8, 4) is 5.75 Å². The smallest absolute Gasteiger partial charge is 0.122 e. The van der Waals surface area contributed by atoms with E-state index in [0.29, 0.717) is 11.3 Å². The van der Waals surface area contributed by atoms with Gasteiger partial charge in [-0.15, -0.1) is 0 Å². The number of ether oxygens (including phenoxy) is 1. The number of fused-ring (bicyclic) bond motifs is 1. The van der Waals surface area contributed by atoms with Crippen LogP contribution in [0.5, 0.6) is 5.75 Å². The molecule has 21 heavy (non-hydrogen) atoms. The maximum Gasteiger partial charge on any atom is 0.122 e.